The number of aliphatic hydroxyl groups is 1. The molecule has 0 atom stereocenters. The molecule has 1 rings (SSSR count). The molecule has 4 heteroatoms. The van der Waals surface area contributed by atoms with Crippen LogP contribution in [0, 0.1) is 0 Å². The third-order valence-electron chi connectivity index (χ3n) is 2.70. The summed E-state index contributed by atoms with van der Waals surface area (Å²) in [5.41, 5.74) is 1.03. The monoisotopic (exact) mass is 239 g/mol. The summed E-state index contributed by atoms with van der Waals surface area (Å²) in [7, 11) is 5.31. The number of hydrogen-bond donors (Lipinski definition) is 1. The molecule has 0 heterocycles. The van der Waals surface area contributed by atoms with Gasteiger partial charge in [-0.25, -0.2) is 0 Å². The standard InChI is InChI=1S/C13H21NO3/c1-14(8-4-5-9-15)12-7-6-11(16-2)10-13(12)17-3/h6-7,10,15H,4-5,8-9H2,1-3H3. The molecule has 0 saturated carbocycles. The Morgan fingerprint density at radius 1 is 1.18 bits per heavy atom. The van der Waals surface area contributed by atoms with E-state index >= 15 is 0 Å². The summed E-state index contributed by atoms with van der Waals surface area (Å²) in [6.07, 6.45) is 1.78. The van der Waals surface area contributed by atoms with Crippen molar-refractivity contribution in [1.29, 1.82) is 0 Å². The van der Waals surface area contributed by atoms with Gasteiger partial charge in [0.2, 0.25) is 0 Å². The highest BCUT2D eigenvalue weighted by molar-refractivity contribution is 5.60. The van der Waals surface area contributed by atoms with Crippen molar-refractivity contribution >= 4 is 5.69 Å². The predicted molar refractivity (Wildman–Crippen MR) is 69.1 cm³/mol. The van der Waals surface area contributed by atoms with Gasteiger partial charge in [-0.3, -0.25) is 0 Å². The Labute approximate surface area is 103 Å². The van der Waals surface area contributed by atoms with E-state index in [2.05, 4.69) is 4.90 Å². The molecular weight excluding hydrogens is 218 g/mol. The lowest BCUT2D eigenvalue weighted by Crippen LogP contribution is -2.19. The highest BCUT2D eigenvalue weighted by Gasteiger charge is 2.09. The molecule has 0 spiro atoms. The minimum atomic E-state index is 0.244. The first-order valence-corrected chi connectivity index (χ1v) is 5.77. The average molecular weight is 239 g/mol. The van der Waals surface area contributed by atoms with Crippen molar-refractivity contribution in [2.75, 3.05) is 39.3 Å². The fourth-order valence-corrected chi connectivity index (χ4v) is 1.68. The number of ether oxygens (including phenoxy) is 2. The van der Waals surface area contributed by atoms with Crippen LogP contribution < -0.4 is 14.4 Å². The molecule has 0 aliphatic heterocycles. The predicted octanol–water partition coefficient (Wildman–Crippen LogP) is 1.91. The Morgan fingerprint density at radius 3 is 2.53 bits per heavy atom. The summed E-state index contributed by atoms with van der Waals surface area (Å²) in [6.45, 7) is 1.14. The third kappa shape index (κ3) is 3.82. The molecule has 0 saturated heterocycles. The first-order valence-electron chi connectivity index (χ1n) is 5.77. The summed E-state index contributed by atoms with van der Waals surface area (Å²) >= 11 is 0. The van der Waals surface area contributed by atoms with Crippen LogP contribution in [-0.2, 0) is 0 Å². The Morgan fingerprint density at radius 2 is 1.94 bits per heavy atom. The van der Waals surface area contributed by atoms with Crippen LogP contribution in [-0.4, -0.2) is 39.5 Å². The number of nitrogens with zero attached hydrogens (tertiary/aromatic N) is 1. The first-order chi connectivity index (χ1) is 8.22. The van der Waals surface area contributed by atoms with Crippen LogP contribution in [0.5, 0.6) is 11.5 Å². The lowest BCUT2D eigenvalue weighted by Gasteiger charge is -2.22. The van der Waals surface area contributed by atoms with Crippen molar-refractivity contribution in [2.24, 2.45) is 0 Å². The number of methoxy groups -OCH3 is 2. The van der Waals surface area contributed by atoms with Crippen molar-refractivity contribution in [1.82, 2.24) is 0 Å². The van der Waals surface area contributed by atoms with Gasteiger partial charge in [0.1, 0.15) is 11.5 Å². The van der Waals surface area contributed by atoms with E-state index in [4.69, 9.17) is 14.6 Å². The van der Waals surface area contributed by atoms with Crippen LogP contribution in [0.2, 0.25) is 0 Å². The van der Waals surface area contributed by atoms with Crippen molar-refractivity contribution < 1.29 is 14.6 Å². The molecule has 0 aromatic heterocycles. The largest absolute Gasteiger partial charge is 0.497 e. The molecule has 1 aromatic carbocycles. The smallest absolute Gasteiger partial charge is 0.145 e. The molecule has 0 aliphatic carbocycles. The van der Waals surface area contributed by atoms with Gasteiger partial charge in [0.15, 0.2) is 0 Å². The molecule has 0 fully saturated rings. The Bertz CT molecular complexity index is 341. The maximum Gasteiger partial charge on any atom is 0.145 e. The number of hydrogen-bond acceptors (Lipinski definition) is 4. The first kappa shape index (κ1) is 13.6. The van der Waals surface area contributed by atoms with Gasteiger partial charge in [0, 0.05) is 26.3 Å². The quantitative estimate of drug-likeness (QED) is 0.738. The van der Waals surface area contributed by atoms with E-state index in [0.29, 0.717) is 0 Å². The molecular formula is C13H21NO3. The lowest BCUT2D eigenvalue weighted by atomic mass is 10.2. The summed E-state index contributed by atoms with van der Waals surface area (Å²) in [4.78, 5) is 2.12. The summed E-state index contributed by atoms with van der Waals surface area (Å²) in [5.74, 6) is 1.59. The lowest BCUT2D eigenvalue weighted by molar-refractivity contribution is 0.285. The van der Waals surface area contributed by atoms with E-state index in [1.54, 1.807) is 14.2 Å². The minimum absolute atomic E-state index is 0.244. The number of benzene rings is 1. The van der Waals surface area contributed by atoms with Gasteiger partial charge in [-0.2, -0.15) is 0 Å². The maximum atomic E-state index is 8.76. The second-order valence-electron chi connectivity index (χ2n) is 3.89. The topological polar surface area (TPSA) is 41.9 Å². The van der Waals surface area contributed by atoms with Gasteiger partial charge in [0.05, 0.1) is 19.9 Å². The SMILES string of the molecule is COc1ccc(N(C)CCCCO)c(OC)c1. The van der Waals surface area contributed by atoms with Crippen LogP contribution >= 0.6 is 0 Å². The molecule has 0 radical (unpaired) electrons. The Kier molecular flexibility index (Phi) is 5.63. The third-order valence-corrected chi connectivity index (χ3v) is 2.70. The van der Waals surface area contributed by atoms with E-state index in [-0.39, 0.29) is 6.61 Å². The van der Waals surface area contributed by atoms with Crippen molar-refractivity contribution in [3.8, 4) is 11.5 Å². The number of unbranched alkanes of at least 4 members (excludes halogenated alkanes) is 1. The van der Waals surface area contributed by atoms with Crippen molar-refractivity contribution in [2.45, 2.75) is 12.8 Å². The summed E-state index contributed by atoms with van der Waals surface area (Å²) in [5, 5.41) is 8.76. The van der Waals surface area contributed by atoms with Crippen LogP contribution in [0.1, 0.15) is 12.8 Å². The second kappa shape index (κ2) is 7.01. The molecule has 0 bridgehead atoms. The minimum Gasteiger partial charge on any atom is -0.497 e. The molecule has 0 aliphatic rings. The van der Waals surface area contributed by atoms with E-state index in [0.717, 1.165) is 36.6 Å². The zero-order valence-corrected chi connectivity index (χ0v) is 10.8. The molecule has 0 unspecified atom stereocenters. The van der Waals surface area contributed by atoms with Crippen LogP contribution in [0.4, 0.5) is 5.69 Å². The van der Waals surface area contributed by atoms with Crippen LogP contribution in [0.15, 0.2) is 18.2 Å². The molecule has 96 valence electrons. The molecule has 4 nitrogen and oxygen atoms in total. The maximum absolute atomic E-state index is 8.76. The van der Waals surface area contributed by atoms with E-state index in [1.165, 1.54) is 0 Å². The normalized spacial score (nSPS) is 10.1. The number of anilines is 1. The molecule has 1 aromatic rings. The zero-order chi connectivity index (χ0) is 12.7. The average Bonchev–Trinajstić information content (AvgIpc) is 2.38. The zero-order valence-electron chi connectivity index (χ0n) is 10.8. The fraction of sp³-hybridized carbons (Fsp3) is 0.538. The second-order valence-corrected chi connectivity index (χ2v) is 3.89. The van der Waals surface area contributed by atoms with Gasteiger partial charge in [0.25, 0.3) is 0 Å². The Hall–Kier alpha value is -1.42. The molecule has 1 N–H and O–H groups in total. The summed E-state index contributed by atoms with van der Waals surface area (Å²) < 4.78 is 10.5. The van der Waals surface area contributed by atoms with E-state index < -0.39 is 0 Å². The Balaban J connectivity index is 2.74. The highest BCUT2D eigenvalue weighted by atomic mass is 16.5. The number of aliphatic hydroxyl groups excluding tert-OH is 1. The van der Waals surface area contributed by atoms with Crippen molar-refractivity contribution in [3.63, 3.8) is 0 Å². The van der Waals surface area contributed by atoms with Gasteiger partial charge < -0.3 is 19.5 Å². The van der Waals surface area contributed by atoms with Crippen LogP contribution in [0.25, 0.3) is 0 Å². The van der Waals surface area contributed by atoms with Gasteiger partial charge in [-0.1, -0.05) is 0 Å². The highest BCUT2D eigenvalue weighted by Crippen LogP contribution is 2.31. The molecule has 17 heavy (non-hydrogen) atoms. The van der Waals surface area contributed by atoms with Gasteiger partial charge >= 0.3 is 0 Å². The summed E-state index contributed by atoms with van der Waals surface area (Å²) in [6, 6.07) is 5.77. The molecule has 0 amide bonds. The van der Waals surface area contributed by atoms with E-state index in [1.807, 2.05) is 25.2 Å². The van der Waals surface area contributed by atoms with E-state index in [9.17, 15) is 0 Å². The van der Waals surface area contributed by atoms with Gasteiger partial charge in [-0.15, -0.1) is 0 Å². The van der Waals surface area contributed by atoms with Crippen molar-refractivity contribution in [3.05, 3.63) is 18.2 Å². The van der Waals surface area contributed by atoms with Gasteiger partial charge in [-0.05, 0) is 25.0 Å². The number of rotatable bonds is 7. The van der Waals surface area contributed by atoms with Crippen LogP contribution in [0.3, 0.4) is 0 Å². The fourth-order valence-electron chi connectivity index (χ4n) is 1.68.